The van der Waals surface area contributed by atoms with Crippen molar-refractivity contribution in [3.05, 3.63) is 64.7 Å². The minimum Gasteiger partial charge on any atom is -0.336 e. The molecule has 0 spiro atoms. The first-order valence-corrected chi connectivity index (χ1v) is 9.30. The van der Waals surface area contributed by atoms with Gasteiger partial charge in [-0.2, -0.15) is 13.2 Å². The number of hydrogen-bond acceptors (Lipinski definition) is 2. The Bertz CT molecular complexity index is 813. The normalized spacial score (nSPS) is 15.6. The third kappa shape index (κ3) is 5.57. The number of thiocarbonyl (C=S) groups is 1. The summed E-state index contributed by atoms with van der Waals surface area (Å²) in [5, 5.41) is 4.05. The van der Waals surface area contributed by atoms with E-state index < -0.39 is 11.7 Å². The predicted octanol–water partition coefficient (Wildman–Crippen LogP) is 5.22. The maximum atomic E-state index is 12.9. The van der Waals surface area contributed by atoms with E-state index in [2.05, 4.69) is 10.2 Å². The van der Waals surface area contributed by atoms with Gasteiger partial charge in [0, 0.05) is 30.3 Å². The van der Waals surface area contributed by atoms with Crippen LogP contribution in [0.5, 0.6) is 0 Å². The molecule has 0 amide bonds. The Morgan fingerprint density at radius 2 is 1.89 bits per heavy atom. The van der Waals surface area contributed by atoms with E-state index in [0.29, 0.717) is 22.5 Å². The molecular weight excluding hydrogens is 395 g/mol. The van der Waals surface area contributed by atoms with E-state index in [4.69, 9.17) is 23.8 Å². The molecule has 0 atom stereocenters. The minimum absolute atomic E-state index is 0.335. The molecular formula is C19H19ClF3N3S. The molecule has 0 aliphatic carbocycles. The minimum atomic E-state index is -4.38. The molecule has 0 bridgehead atoms. The Hall–Kier alpha value is -1.83. The highest BCUT2D eigenvalue weighted by molar-refractivity contribution is 7.80. The molecule has 0 aromatic heterocycles. The van der Waals surface area contributed by atoms with E-state index in [0.717, 1.165) is 43.8 Å². The van der Waals surface area contributed by atoms with Crippen molar-refractivity contribution in [3.8, 4) is 0 Å². The third-order valence-corrected chi connectivity index (χ3v) is 4.89. The second kappa shape index (κ2) is 8.46. The van der Waals surface area contributed by atoms with Gasteiger partial charge in [-0.25, -0.2) is 0 Å². The van der Waals surface area contributed by atoms with Crippen molar-refractivity contribution in [3.63, 3.8) is 0 Å². The van der Waals surface area contributed by atoms with Crippen molar-refractivity contribution in [2.45, 2.75) is 19.1 Å². The molecule has 1 N–H and O–H groups in total. The Labute approximate surface area is 166 Å². The summed E-state index contributed by atoms with van der Waals surface area (Å²) in [5.74, 6) is 0. The molecule has 1 heterocycles. The molecule has 2 aromatic rings. The Morgan fingerprint density at radius 3 is 2.63 bits per heavy atom. The van der Waals surface area contributed by atoms with Gasteiger partial charge in [0.1, 0.15) is 0 Å². The number of benzene rings is 2. The molecule has 144 valence electrons. The Morgan fingerprint density at radius 1 is 1.11 bits per heavy atom. The van der Waals surface area contributed by atoms with Gasteiger partial charge in [-0.1, -0.05) is 29.8 Å². The van der Waals surface area contributed by atoms with Crippen LogP contribution in [0.3, 0.4) is 0 Å². The molecule has 0 saturated carbocycles. The van der Waals surface area contributed by atoms with Crippen LogP contribution in [-0.4, -0.2) is 34.7 Å². The van der Waals surface area contributed by atoms with Gasteiger partial charge >= 0.3 is 6.18 Å². The number of halogens is 4. The van der Waals surface area contributed by atoms with Crippen LogP contribution in [-0.2, 0) is 12.7 Å². The molecule has 3 rings (SSSR count). The summed E-state index contributed by atoms with van der Waals surface area (Å²) in [5.41, 5.74) is 0.749. The maximum Gasteiger partial charge on any atom is 0.416 e. The van der Waals surface area contributed by atoms with Crippen molar-refractivity contribution in [2.24, 2.45) is 0 Å². The van der Waals surface area contributed by atoms with Crippen molar-refractivity contribution < 1.29 is 13.2 Å². The van der Waals surface area contributed by atoms with E-state index in [1.54, 1.807) is 6.07 Å². The zero-order valence-electron chi connectivity index (χ0n) is 14.5. The van der Waals surface area contributed by atoms with Gasteiger partial charge in [0.15, 0.2) is 5.11 Å². The SMILES string of the molecule is FC(F)(F)c1cccc(NC(=S)N2CCCN(Cc3cccc(Cl)c3)C2)c1. The monoisotopic (exact) mass is 413 g/mol. The predicted molar refractivity (Wildman–Crippen MR) is 106 cm³/mol. The molecule has 0 unspecified atom stereocenters. The lowest BCUT2D eigenvalue weighted by molar-refractivity contribution is -0.137. The number of rotatable bonds is 3. The number of alkyl halides is 3. The zero-order chi connectivity index (χ0) is 19.4. The third-order valence-electron chi connectivity index (χ3n) is 4.30. The van der Waals surface area contributed by atoms with E-state index >= 15 is 0 Å². The van der Waals surface area contributed by atoms with Crippen molar-refractivity contribution in [1.29, 1.82) is 0 Å². The highest BCUT2D eigenvalue weighted by atomic mass is 35.5. The topological polar surface area (TPSA) is 18.5 Å². The van der Waals surface area contributed by atoms with Gasteiger partial charge in [0.25, 0.3) is 0 Å². The maximum absolute atomic E-state index is 12.9. The summed E-state index contributed by atoms with van der Waals surface area (Å²) in [6, 6.07) is 12.8. The molecule has 1 aliphatic rings. The van der Waals surface area contributed by atoms with Crippen LogP contribution in [0, 0.1) is 0 Å². The van der Waals surface area contributed by atoms with Gasteiger partial charge in [0.05, 0.1) is 12.2 Å². The van der Waals surface area contributed by atoms with Gasteiger partial charge in [0.2, 0.25) is 0 Å². The van der Waals surface area contributed by atoms with Gasteiger partial charge in [-0.15, -0.1) is 0 Å². The quantitative estimate of drug-likeness (QED) is 0.695. The molecule has 8 heteroatoms. The second-order valence-electron chi connectivity index (χ2n) is 6.45. The fraction of sp³-hybridized carbons (Fsp3) is 0.316. The van der Waals surface area contributed by atoms with Crippen LogP contribution in [0.25, 0.3) is 0 Å². The smallest absolute Gasteiger partial charge is 0.336 e. The second-order valence-corrected chi connectivity index (χ2v) is 7.27. The lowest BCUT2D eigenvalue weighted by Gasteiger charge is -2.37. The van der Waals surface area contributed by atoms with E-state index in [1.807, 2.05) is 29.2 Å². The first-order chi connectivity index (χ1) is 12.8. The van der Waals surface area contributed by atoms with Crippen molar-refractivity contribution >= 4 is 34.6 Å². The molecule has 3 nitrogen and oxygen atoms in total. The molecule has 1 saturated heterocycles. The number of hydrogen-bond donors (Lipinski definition) is 1. The molecule has 2 aromatic carbocycles. The highest BCUT2D eigenvalue weighted by Gasteiger charge is 2.30. The van der Waals surface area contributed by atoms with Gasteiger partial charge in [-0.3, -0.25) is 4.90 Å². The van der Waals surface area contributed by atoms with Crippen LogP contribution in [0.2, 0.25) is 5.02 Å². The summed E-state index contributed by atoms with van der Waals surface area (Å²) in [4.78, 5) is 4.19. The van der Waals surface area contributed by atoms with E-state index in [-0.39, 0.29) is 0 Å². The first kappa shape index (κ1) is 19.9. The lowest BCUT2D eigenvalue weighted by Crippen LogP contribution is -2.48. The average molecular weight is 414 g/mol. The van der Waals surface area contributed by atoms with E-state index in [9.17, 15) is 13.2 Å². The van der Waals surface area contributed by atoms with Crippen LogP contribution in [0.4, 0.5) is 18.9 Å². The summed E-state index contributed by atoms with van der Waals surface area (Å²) in [6.07, 6.45) is -3.46. The summed E-state index contributed by atoms with van der Waals surface area (Å²) in [7, 11) is 0. The van der Waals surface area contributed by atoms with Gasteiger partial charge < -0.3 is 10.2 Å². The van der Waals surface area contributed by atoms with Crippen LogP contribution >= 0.6 is 23.8 Å². The fourth-order valence-corrected chi connectivity index (χ4v) is 3.51. The standard InChI is InChI=1S/C19H19ClF3N3S/c20-16-6-1-4-14(10-16)12-25-8-3-9-26(13-25)18(27)24-17-7-2-5-15(11-17)19(21,22)23/h1-2,4-7,10-11H,3,8-9,12-13H2,(H,24,27). The highest BCUT2D eigenvalue weighted by Crippen LogP contribution is 2.30. The van der Waals surface area contributed by atoms with Crippen molar-refractivity contribution in [1.82, 2.24) is 9.80 Å². The van der Waals surface area contributed by atoms with E-state index in [1.165, 1.54) is 6.07 Å². The zero-order valence-corrected chi connectivity index (χ0v) is 16.0. The lowest BCUT2D eigenvalue weighted by atomic mass is 10.2. The average Bonchev–Trinajstić information content (AvgIpc) is 2.61. The van der Waals surface area contributed by atoms with Crippen LogP contribution < -0.4 is 5.32 Å². The van der Waals surface area contributed by atoms with Crippen LogP contribution in [0.15, 0.2) is 48.5 Å². The van der Waals surface area contributed by atoms with Crippen molar-refractivity contribution in [2.75, 3.05) is 25.1 Å². The fourth-order valence-electron chi connectivity index (χ4n) is 3.03. The summed E-state index contributed by atoms with van der Waals surface area (Å²) in [6.45, 7) is 3.03. The summed E-state index contributed by atoms with van der Waals surface area (Å²) >= 11 is 11.5. The molecule has 1 aliphatic heterocycles. The Balaban J connectivity index is 1.61. The number of nitrogens with one attached hydrogen (secondary N) is 1. The molecule has 1 fully saturated rings. The Kier molecular flexibility index (Phi) is 6.24. The molecule has 0 radical (unpaired) electrons. The van der Waals surface area contributed by atoms with Crippen LogP contribution in [0.1, 0.15) is 17.5 Å². The number of anilines is 1. The first-order valence-electron chi connectivity index (χ1n) is 8.51. The number of nitrogens with zero attached hydrogens (tertiary/aromatic N) is 2. The van der Waals surface area contributed by atoms with Gasteiger partial charge in [-0.05, 0) is 54.5 Å². The largest absolute Gasteiger partial charge is 0.416 e. The summed E-state index contributed by atoms with van der Waals surface area (Å²) < 4.78 is 38.6. The molecule has 27 heavy (non-hydrogen) atoms.